The molecule has 0 saturated carbocycles. The van der Waals surface area contributed by atoms with Crippen LogP contribution in [0.3, 0.4) is 0 Å². The van der Waals surface area contributed by atoms with E-state index in [2.05, 4.69) is 20.2 Å². The lowest BCUT2D eigenvalue weighted by atomic mass is 10.3. The van der Waals surface area contributed by atoms with E-state index < -0.39 is 0 Å². The predicted molar refractivity (Wildman–Crippen MR) is 95.4 cm³/mol. The highest BCUT2D eigenvalue weighted by Crippen LogP contribution is 2.29. The first kappa shape index (κ1) is 17.1. The van der Waals surface area contributed by atoms with E-state index in [0.29, 0.717) is 16.6 Å². The molecule has 6 nitrogen and oxygen atoms in total. The standard InChI is InChI=1S/C16H22N4O2S/c1-12-10-20(11-18-12)8-4-7-17-16(23)19-13-5-6-14(21-2)15(9-13)22-3/h5-6,9-11H,4,7-8H2,1-3H3,(H2,17,19,23). The quantitative estimate of drug-likeness (QED) is 0.599. The number of imidazole rings is 1. The maximum absolute atomic E-state index is 5.30. The fraction of sp³-hybridized carbons (Fsp3) is 0.375. The van der Waals surface area contributed by atoms with Crippen molar-refractivity contribution in [3.63, 3.8) is 0 Å². The topological polar surface area (TPSA) is 60.3 Å². The minimum atomic E-state index is 0.582. The van der Waals surface area contributed by atoms with Crippen LogP contribution in [0.2, 0.25) is 0 Å². The van der Waals surface area contributed by atoms with E-state index >= 15 is 0 Å². The van der Waals surface area contributed by atoms with E-state index in [4.69, 9.17) is 21.7 Å². The molecule has 2 aromatic rings. The van der Waals surface area contributed by atoms with Crippen molar-refractivity contribution in [1.82, 2.24) is 14.9 Å². The Balaban J connectivity index is 1.76. The SMILES string of the molecule is COc1ccc(NC(=S)NCCCn2cnc(C)c2)cc1OC. The number of ether oxygens (including phenoxy) is 2. The van der Waals surface area contributed by atoms with Crippen molar-refractivity contribution in [1.29, 1.82) is 0 Å². The van der Waals surface area contributed by atoms with Crippen LogP contribution in [-0.4, -0.2) is 35.4 Å². The highest BCUT2D eigenvalue weighted by Gasteiger charge is 2.05. The monoisotopic (exact) mass is 334 g/mol. The molecular formula is C16H22N4O2S. The smallest absolute Gasteiger partial charge is 0.170 e. The molecule has 2 rings (SSSR count). The second-order valence-electron chi connectivity index (χ2n) is 5.06. The molecular weight excluding hydrogens is 312 g/mol. The van der Waals surface area contributed by atoms with E-state index in [1.807, 2.05) is 37.6 Å². The summed E-state index contributed by atoms with van der Waals surface area (Å²) in [6.07, 6.45) is 4.83. The summed E-state index contributed by atoms with van der Waals surface area (Å²) in [5.74, 6) is 1.35. The average molecular weight is 334 g/mol. The lowest BCUT2D eigenvalue weighted by Gasteiger charge is -2.13. The van der Waals surface area contributed by atoms with Crippen molar-refractivity contribution in [2.75, 3.05) is 26.1 Å². The van der Waals surface area contributed by atoms with Gasteiger partial charge in [0.25, 0.3) is 0 Å². The first-order chi connectivity index (χ1) is 11.1. The van der Waals surface area contributed by atoms with E-state index in [0.717, 1.165) is 30.9 Å². The third-order valence-corrected chi connectivity index (χ3v) is 3.53. The molecule has 0 aliphatic carbocycles. The first-order valence-electron chi connectivity index (χ1n) is 7.37. The summed E-state index contributed by atoms with van der Waals surface area (Å²) >= 11 is 5.30. The third-order valence-electron chi connectivity index (χ3n) is 3.28. The maximum Gasteiger partial charge on any atom is 0.170 e. The number of thiocarbonyl (C=S) groups is 1. The number of hydrogen-bond acceptors (Lipinski definition) is 4. The first-order valence-corrected chi connectivity index (χ1v) is 7.78. The number of nitrogens with zero attached hydrogens (tertiary/aromatic N) is 2. The number of aryl methyl sites for hydroxylation is 2. The van der Waals surface area contributed by atoms with Gasteiger partial charge in [-0.3, -0.25) is 0 Å². The van der Waals surface area contributed by atoms with Gasteiger partial charge < -0.3 is 24.7 Å². The van der Waals surface area contributed by atoms with Gasteiger partial charge in [-0.2, -0.15) is 0 Å². The molecule has 0 atom stereocenters. The van der Waals surface area contributed by atoms with E-state index in [-0.39, 0.29) is 0 Å². The molecule has 0 amide bonds. The van der Waals surface area contributed by atoms with Crippen molar-refractivity contribution in [3.8, 4) is 11.5 Å². The summed E-state index contributed by atoms with van der Waals surface area (Å²) in [5, 5.41) is 6.91. The Morgan fingerprint density at radius 3 is 2.70 bits per heavy atom. The maximum atomic E-state index is 5.30. The zero-order valence-electron chi connectivity index (χ0n) is 13.6. The molecule has 0 unspecified atom stereocenters. The Morgan fingerprint density at radius 1 is 1.26 bits per heavy atom. The van der Waals surface area contributed by atoms with Gasteiger partial charge in [0.1, 0.15) is 0 Å². The van der Waals surface area contributed by atoms with Crippen molar-refractivity contribution in [2.24, 2.45) is 0 Å². The molecule has 23 heavy (non-hydrogen) atoms. The van der Waals surface area contributed by atoms with Crippen molar-refractivity contribution in [2.45, 2.75) is 19.9 Å². The fourth-order valence-corrected chi connectivity index (χ4v) is 2.37. The average Bonchev–Trinajstić information content (AvgIpc) is 2.97. The summed E-state index contributed by atoms with van der Waals surface area (Å²) < 4.78 is 12.6. The fourth-order valence-electron chi connectivity index (χ4n) is 2.15. The van der Waals surface area contributed by atoms with Crippen molar-refractivity contribution < 1.29 is 9.47 Å². The van der Waals surface area contributed by atoms with Crippen LogP contribution in [0.15, 0.2) is 30.7 Å². The molecule has 124 valence electrons. The van der Waals surface area contributed by atoms with Crippen molar-refractivity contribution >= 4 is 23.0 Å². The summed E-state index contributed by atoms with van der Waals surface area (Å²) in [7, 11) is 3.22. The summed E-state index contributed by atoms with van der Waals surface area (Å²) in [6.45, 7) is 3.68. The van der Waals surface area contributed by atoms with Crippen LogP contribution in [0.25, 0.3) is 0 Å². The van der Waals surface area contributed by atoms with Crippen LogP contribution in [0, 0.1) is 6.92 Å². The summed E-state index contributed by atoms with van der Waals surface area (Å²) in [4.78, 5) is 4.20. The van der Waals surface area contributed by atoms with Crippen molar-refractivity contribution in [3.05, 3.63) is 36.4 Å². The molecule has 0 spiro atoms. The minimum absolute atomic E-state index is 0.582. The van der Waals surface area contributed by atoms with Crippen LogP contribution in [0.5, 0.6) is 11.5 Å². The Kier molecular flexibility index (Phi) is 6.22. The Hall–Kier alpha value is -2.28. The third kappa shape index (κ3) is 5.14. The van der Waals surface area contributed by atoms with Gasteiger partial charge in [0.15, 0.2) is 16.6 Å². The van der Waals surface area contributed by atoms with E-state index in [1.165, 1.54) is 0 Å². The van der Waals surface area contributed by atoms with Crippen LogP contribution in [0.1, 0.15) is 12.1 Å². The zero-order chi connectivity index (χ0) is 16.7. The largest absolute Gasteiger partial charge is 0.493 e. The number of rotatable bonds is 7. The second-order valence-corrected chi connectivity index (χ2v) is 5.47. The molecule has 0 fully saturated rings. The van der Waals surface area contributed by atoms with Gasteiger partial charge in [0.05, 0.1) is 26.2 Å². The number of aromatic nitrogens is 2. The Morgan fingerprint density at radius 2 is 2.04 bits per heavy atom. The van der Waals surface area contributed by atoms with E-state index in [9.17, 15) is 0 Å². The van der Waals surface area contributed by atoms with Gasteiger partial charge >= 0.3 is 0 Å². The number of hydrogen-bond donors (Lipinski definition) is 2. The normalized spacial score (nSPS) is 10.2. The Labute approximate surface area is 141 Å². The number of methoxy groups -OCH3 is 2. The van der Waals surface area contributed by atoms with E-state index in [1.54, 1.807) is 14.2 Å². The second kappa shape index (κ2) is 8.38. The lowest BCUT2D eigenvalue weighted by molar-refractivity contribution is 0.355. The predicted octanol–water partition coefficient (Wildman–Crippen LogP) is 2.59. The molecule has 2 N–H and O–H groups in total. The minimum Gasteiger partial charge on any atom is -0.493 e. The number of anilines is 1. The highest BCUT2D eigenvalue weighted by atomic mass is 32.1. The van der Waals surface area contributed by atoms with Crippen LogP contribution < -0.4 is 20.1 Å². The molecule has 0 bridgehead atoms. The number of nitrogens with one attached hydrogen (secondary N) is 2. The molecule has 1 heterocycles. The summed E-state index contributed by atoms with van der Waals surface area (Å²) in [6, 6.07) is 5.58. The van der Waals surface area contributed by atoms with Gasteiger partial charge in [-0.1, -0.05) is 0 Å². The van der Waals surface area contributed by atoms with Gasteiger partial charge in [-0.05, 0) is 37.7 Å². The molecule has 1 aromatic carbocycles. The molecule has 7 heteroatoms. The highest BCUT2D eigenvalue weighted by molar-refractivity contribution is 7.80. The van der Waals surface area contributed by atoms with Crippen LogP contribution in [0.4, 0.5) is 5.69 Å². The van der Waals surface area contributed by atoms with Crippen LogP contribution in [-0.2, 0) is 6.54 Å². The molecule has 0 saturated heterocycles. The molecule has 0 aliphatic rings. The van der Waals surface area contributed by atoms with Gasteiger partial charge in [0.2, 0.25) is 0 Å². The molecule has 0 radical (unpaired) electrons. The van der Waals surface area contributed by atoms with Crippen LogP contribution >= 0.6 is 12.2 Å². The number of benzene rings is 1. The molecule has 1 aromatic heterocycles. The summed E-state index contributed by atoms with van der Waals surface area (Å²) in [5.41, 5.74) is 1.88. The lowest BCUT2D eigenvalue weighted by Crippen LogP contribution is -2.29. The zero-order valence-corrected chi connectivity index (χ0v) is 14.4. The van der Waals surface area contributed by atoms with Gasteiger partial charge in [-0.25, -0.2) is 4.98 Å². The Bertz CT molecular complexity index is 657. The van der Waals surface area contributed by atoms with Gasteiger partial charge in [0, 0.05) is 31.0 Å². The molecule has 0 aliphatic heterocycles. The van der Waals surface area contributed by atoms with Gasteiger partial charge in [-0.15, -0.1) is 0 Å².